The molecule has 0 spiro atoms. The number of hydrazone groups is 1. The van der Waals surface area contributed by atoms with Gasteiger partial charge in [0.25, 0.3) is 5.91 Å². The highest BCUT2D eigenvalue weighted by Crippen LogP contribution is 2.63. The molecular weight excluding hydrogens is 288 g/mol. The fourth-order valence-electron chi connectivity index (χ4n) is 4.12. The summed E-state index contributed by atoms with van der Waals surface area (Å²) in [6.45, 7) is 8.90. The van der Waals surface area contributed by atoms with E-state index in [0.717, 1.165) is 23.4 Å². The van der Waals surface area contributed by atoms with Crippen LogP contribution in [0.3, 0.4) is 0 Å². The molecule has 23 heavy (non-hydrogen) atoms. The van der Waals surface area contributed by atoms with Gasteiger partial charge in [-0.1, -0.05) is 39.0 Å². The van der Waals surface area contributed by atoms with E-state index >= 15 is 0 Å². The minimum Gasteiger partial charge on any atom is -0.483 e. The number of fused-ring (bicyclic) bond motifs is 2. The van der Waals surface area contributed by atoms with Crippen molar-refractivity contribution in [3.8, 4) is 5.75 Å². The van der Waals surface area contributed by atoms with Crippen molar-refractivity contribution in [1.29, 1.82) is 0 Å². The van der Waals surface area contributed by atoms with Crippen LogP contribution in [-0.2, 0) is 4.79 Å². The molecule has 0 aromatic heterocycles. The van der Waals surface area contributed by atoms with Gasteiger partial charge in [-0.15, -0.1) is 0 Å². The van der Waals surface area contributed by atoms with Gasteiger partial charge in [-0.25, -0.2) is 5.43 Å². The van der Waals surface area contributed by atoms with Gasteiger partial charge in [-0.05, 0) is 49.1 Å². The number of rotatable bonds is 4. The van der Waals surface area contributed by atoms with Crippen LogP contribution in [0.25, 0.3) is 0 Å². The third-order valence-electron chi connectivity index (χ3n) is 6.28. The van der Waals surface area contributed by atoms with E-state index in [1.165, 1.54) is 12.8 Å². The zero-order valence-corrected chi connectivity index (χ0v) is 14.5. The van der Waals surface area contributed by atoms with Gasteiger partial charge >= 0.3 is 0 Å². The Morgan fingerprint density at radius 1 is 1.35 bits per heavy atom. The number of amides is 1. The van der Waals surface area contributed by atoms with Gasteiger partial charge in [0.2, 0.25) is 0 Å². The number of para-hydroxylation sites is 1. The van der Waals surface area contributed by atoms with E-state index < -0.39 is 0 Å². The second kappa shape index (κ2) is 5.66. The SMILES string of the molecule is Cc1ccccc1OCC(=O)N/N=C1/C[C@@H]2CC[C@]1(C)C2(C)C. The lowest BCUT2D eigenvalue weighted by atomic mass is 9.70. The minimum atomic E-state index is -0.204. The maximum absolute atomic E-state index is 12.0. The number of hydrogen-bond donors (Lipinski definition) is 1. The smallest absolute Gasteiger partial charge is 0.277 e. The molecule has 2 aliphatic rings. The standard InChI is InChI=1S/C19H26N2O2/c1-13-7-5-6-8-15(13)23-12-17(22)21-20-16-11-14-9-10-19(16,4)18(14,2)3/h5-8,14H,9-12H2,1-4H3,(H,21,22)/b20-16-/t14-,19-/m0/s1. The van der Waals surface area contributed by atoms with Crippen molar-refractivity contribution in [3.05, 3.63) is 29.8 Å². The molecule has 2 bridgehead atoms. The van der Waals surface area contributed by atoms with Gasteiger partial charge in [0, 0.05) is 11.1 Å². The summed E-state index contributed by atoms with van der Waals surface area (Å²) in [7, 11) is 0. The molecule has 4 heteroatoms. The van der Waals surface area contributed by atoms with E-state index in [-0.39, 0.29) is 23.3 Å². The number of carbonyl (C=O) groups is 1. The number of nitrogens with zero attached hydrogens (tertiary/aromatic N) is 1. The van der Waals surface area contributed by atoms with Crippen molar-refractivity contribution in [1.82, 2.24) is 5.43 Å². The first-order valence-electron chi connectivity index (χ1n) is 8.39. The molecule has 4 nitrogen and oxygen atoms in total. The summed E-state index contributed by atoms with van der Waals surface area (Å²) < 4.78 is 5.56. The number of aryl methyl sites for hydroxylation is 1. The zero-order valence-electron chi connectivity index (χ0n) is 14.5. The van der Waals surface area contributed by atoms with E-state index in [9.17, 15) is 4.79 Å². The monoisotopic (exact) mass is 314 g/mol. The summed E-state index contributed by atoms with van der Waals surface area (Å²) in [6.07, 6.45) is 3.44. The van der Waals surface area contributed by atoms with Crippen molar-refractivity contribution in [2.24, 2.45) is 21.8 Å². The average molecular weight is 314 g/mol. The Morgan fingerprint density at radius 3 is 2.70 bits per heavy atom. The lowest BCUT2D eigenvalue weighted by Gasteiger charge is -2.34. The van der Waals surface area contributed by atoms with Gasteiger partial charge < -0.3 is 4.74 Å². The molecule has 2 fully saturated rings. The molecule has 2 saturated carbocycles. The second-order valence-corrected chi connectivity index (χ2v) is 7.64. The summed E-state index contributed by atoms with van der Waals surface area (Å²) in [5, 5.41) is 4.45. The van der Waals surface area contributed by atoms with E-state index in [1.807, 2.05) is 31.2 Å². The molecule has 3 rings (SSSR count). The molecule has 0 aliphatic heterocycles. The number of ether oxygens (including phenoxy) is 1. The third kappa shape index (κ3) is 2.64. The molecular formula is C19H26N2O2. The van der Waals surface area contributed by atoms with Gasteiger partial charge in [0.1, 0.15) is 5.75 Å². The van der Waals surface area contributed by atoms with E-state index in [0.29, 0.717) is 5.92 Å². The number of benzene rings is 1. The minimum absolute atomic E-state index is 0.00876. The van der Waals surface area contributed by atoms with Gasteiger partial charge in [0.05, 0.1) is 0 Å². The highest BCUT2D eigenvalue weighted by atomic mass is 16.5. The summed E-state index contributed by atoms with van der Waals surface area (Å²) in [5.41, 5.74) is 5.23. The van der Waals surface area contributed by atoms with Crippen LogP contribution < -0.4 is 10.2 Å². The maximum atomic E-state index is 12.0. The van der Waals surface area contributed by atoms with Crippen LogP contribution in [0.1, 0.15) is 45.6 Å². The molecule has 1 N–H and O–H groups in total. The van der Waals surface area contributed by atoms with Crippen LogP contribution >= 0.6 is 0 Å². The lowest BCUT2D eigenvalue weighted by molar-refractivity contribution is -0.123. The van der Waals surface area contributed by atoms with Crippen molar-refractivity contribution >= 4 is 11.6 Å². The first-order valence-corrected chi connectivity index (χ1v) is 8.39. The Balaban J connectivity index is 1.59. The van der Waals surface area contributed by atoms with Crippen LogP contribution in [0, 0.1) is 23.7 Å². The molecule has 124 valence electrons. The van der Waals surface area contributed by atoms with Crippen LogP contribution in [0.2, 0.25) is 0 Å². The molecule has 0 heterocycles. The lowest BCUT2D eigenvalue weighted by Crippen LogP contribution is -2.35. The molecule has 1 aromatic rings. The maximum Gasteiger partial charge on any atom is 0.277 e. The number of carbonyl (C=O) groups excluding carboxylic acids is 1. The van der Waals surface area contributed by atoms with Crippen LogP contribution in [0.15, 0.2) is 29.4 Å². The predicted octanol–water partition coefficient (Wildman–Crippen LogP) is 3.69. The van der Waals surface area contributed by atoms with Crippen molar-refractivity contribution in [2.45, 2.75) is 47.0 Å². The van der Waals surface area contributed by atoms with Crippen LogP contribution in [0.4, 0.5) is 0 Å². The summed E-state index contributed by atoms with van der Waals surface area (Å²) in [6, 6.07) is 7.68. The van der Waals surface area contributed by atoms with E-state index in [1.54, 1.807) is 0 Å². The zero-order chi connectivity index (χ0) is 16.7. The van der Waals surface area contributed by atoms with Gasteiger partial charge in [0.15, 0.2) is 6.61 Å². The Kier molecular flexibility index (Phi) is 3.95. The summed E-state index contributed by atoms with van der Waals surface area (Å²) >= 11 is 0. The molecule has 0 radical (unpaired) electrons. The fraction of sp³-hybridized carbons (Fsp3) is 0.579. The largest absolute Gasteiger partial charge is 0.483 e. The number of hydrogen-bond acceptors (Lipinski definition) is 3. The van der Waals surface area contributed by atoms with Gasteiger partial charge in [-0.3, -0.25) is 4.79 Å². The second-order valence-electron chi connectivity index (χ2n) is 7.64. The average Bonchev–Trinajstić information content (AvgIpc) is 2.85. The predicted molar refractivity (Wildman–Crippen MR) is 91.5 cm³/mol. The molecule has 2 atom stereocenters. The highest BCUT2D eigenvalue weighted by Gasteiger charge is 2.59. The van der Waals surface area contributed by atoms with E-state index in [2.05, 4.69) is 31.3 Å². The van der Waals surface area contributed by atoms with Gasteiger partial charge in [-0.2, -0.15) is 5.10 Å². The first kappa shape index (κ1) is 16.0. The number of nitrogens with one attached hydrogen (secondary N) is 1. The Bertz CT molecular complexity index is 651. The Labute approximate surface area is 138 Å². The fourth-order valence-corrected chi connectivity index (χ4v) is 4.12. The highest BCUT2D eigenvalue weighted by molar-refractivity contribution is 5.95. The molecule has 0 saturated heterocycles. The molecule has 1 aromatic carbocycles. The summed E-state index contributed by atoms with van der Waals surface area (Å²) in [4.78, 5) is 12.0. The topological polar surface area (TPSA) is 50.7 Å². The first-order chi connectivity index (χ1) is 10.8. The van der Waals surface area contributed by atoms with Crippen LogP contribution in [-0.4, -0.2) is 18.2 Å². The van der Waals surface area contributed by atoms with Crippen molar-refractivity contribution in [3.63, 3.8) is 0 Å². The molecule has 1 amide bonds. The molecule has 0 unspecified atom stereocenters. The summed E-state index contributed by atoms with van der Waals surface area (Å²) in [5.74, 6) is 1.22. The van der Waals surface area contributed by atoms with Crippen molar-refractivity contribution < 1.29 is 9.53 Å². The van der Waals surface area contributed by atoms with E-state index in [4.69, 9.17) is 4.74 Å². The molecule has 2 aliphatic carbocycles. The quantitative estimate of drug-likeness (QED) is 0.862. The Morgan fingerprint density at radius 2 is 2.09 bits per heavy atom. The van der Waals surface area contributed by atoms with Crippen LogP contribution in [0.5, 0.6) is 5.75 Å². The third-order valence-corrected chi connectivity index (χ3v) is 6.28. The Hall–Kier alpha value is -1.84. The normalized spacial score (nSPS) is 29.7. The van der Waals surface area contributed by atoms with Crippen molar-refractivity contribution in [2.75, 3.05) is 6.61 Å².